The summed E-state index contributed by atoms with van der Waals surface area (Å²) in [5.74, 6) is 0.884. The van der Waals surface area contributed by atoms with Gasteiger partial charge >= 0.3 is 0 Å². The highest BCUT2D eigenvalue weighted by Gasteiger charge is 2.36. The number of unbranched alkanes of at least 4 members (excludes halogenated alkanes) is 3. The zero-order valence-electron chi connectivity index (χ0n) is 14.0. The molecular formula is C18H36N2. The molecule has 2 saturated heterocycles. The fraction of sp³-hybridized carbons (Fsp3) is 1.00. The van der Waals surface area contributed by atoms with Crippen molar-refractivity contribution in [1.82, 2.24) is 10.2 Å². The Kier molecular flexibility index (Phi) is 6.83. The van der Waals surface area contributed by atoms with Gasteiger partial charge in [-0.25, -0.2) is 0 Å². The Balaban J connectivity index is 1.65. The quantitative estimate of drug-likeness (QED) is 0.670. The number of fused-ring (bicyclic) bond motifs is 2. The van der Waals surface area contributed by atoms with Gasteiger partial charge in [0, 0.05) is 18.1 Å². The third-order valence-electron chi connectivity index (χ3n) is 5.48. The highest BCUT2D eigenvalue weighted by molar-refractivity contribution is 4.94. The van der Waals surface area contributed by atoms with Crippen molar-refractivity contribution < 1.29 is 0 Å². The first-order valence-electron chi connectivity index (χ1n) is 9.13. The molecule has 2 nitrogen and oxygen atoms in total. The maximum Gasteiger partial charge on any atom is 0.0113 e. The van der Waals surface area contributed by atoms with Crippen LogP contribution < -0.4 is 5.32 Å². The Hall–Kier alpha value is -0.0800. The number of piperidine rings is 2. The lowest BCUT2D eigenvalue weighted by Crippen LogP contribution is -2.55. The molecule has 0 amide bonds. The van der Waals surface area contributed by atoms with Crippen molar-refractivity contribution in [3.05, 3.63) is 0 Å². The predicted octanol–water partition coefficient (Wildman–Crippen LogP) is 4.20. The molecule has 0 aromatic rings. The van der Waals surface area contributed by atoms with Crippen LogP contribution in [0.25, 0.3) is 0 Å². The highest BCUT2D eigenvalue weighted by atomic mass is 15.2. The number of nitrogens with one attached hydrogen (secondary N) is 1. The number of hydrogen-bond acceptors (Lipinski definition) is 2. The van der Waals surface area contributed by atoms with Crippen LogP contribution in [0.15, 0.2) is 0 Å². The van der Waals surface area contributed by atoms with Gasteiger partial charge in [-0.15, -0.1) is 0 Å². The lowest BCUT2D eigenvalue weighted by molar-refractivity contribution is 0.0246. The van der Waals surface area contributed by atoms with Gasteiger partial charge in [0.2, 0.25) is 0 Å². The summed E-state index contributed by atoms with van der Waals surface area (Å²) < 4.78 is 0. The van der Waals surface area contributed by atoms with Crippen molar-refractivity contribution in [1.29, 1.82) is 0 Å². The predicted molar refractivity (Wildman–Crippen MR) is 88.1 cm³/mol. The molecule has 2 aliphatic rings. The van der Waals surface area contributed by atoms with Gasteiger partial charge in [-0.2, -0.15) is 0 Å². The van der Waals surface area contributed by atoms with E-state index in [9.17, 15) is 0 Å². The third-order valence-corrected chi connectivity index (χ3v) is 5.48. The number of nitrogens with zero attached hydrogens (tertiary/aromatic N) is 1. The van der Waals surface area contributed by atoms with Crippen LogP contribution in [0.3, 0.4) is 0 Å². The van der Waals surface area contributed by atoms with E-state index in [0.717, 1.165) is 24.0 Å². The van der Waals surface area contributed by atoms with E-state index in [-0.39, 0.29) is 0 Å². The summed E-state index contributed by atoms with van der Waals surface area (Å²) in [6.45, 7) is 6.05. The maximum atomic E-state index is 3.52. The summed E-state index contributed by atoms with van der Waals surface area (Å²) >= 11 is 0. The summed E-state index contributed by atoms with van der Waals surface area (Å²) in [6, 6.07) is 2.55. The minimum absolute atomic E-state index is 0.785. The molecule has 2 unspecified atom stereocenters. The molecule has 2 fully saturated rings. The van der Waals surface area contributed by atoms with Crippen molar-refractivity contribution in [2.45, 2.75) is 96.2 Å². The van der Waals surface area contributed by atoms with Gasteiger partial charge in [0.1, 0.15) is 0 Å². The van der Waals surface area contributed by atoms with Crippen molar-refractivity contribution in [3.8, 4) is 0 Å². The molecule has 0 aromatic carbocycles. The van der Waals surface area contributed by atoms with Crippen molar-refractivity contribution >= 4 is 0 Å². The van der Waals surface area contributed by atoms with E-state index in [0.29, 0.717) is 0 Å². The van der Waals surface area contributed by atoms with Gasteiger partial charge in [-0.05, 0) is 51.6 Å². The van der Waals surface area contributed by atoms with Crippen LogP contribution in [0.1, 0.15) is 78.1 Å². The molecule has 0 radical (unpaired) electrons. The van der Waals surface area contributed by atoms with E-state index in [1.807, 2.05) is 0 Å². The monoisotopic (exact) mass is 280 g/mol. The fourth-order valence-electron chi connectivity index (χ4n) is 4.28. The van der Waals surface area contributed by atoms with E-state index < -0.39 is 0 Å². The maximum absolute atomic E-state index is 3.52. The van der Waals surface area contributed by atoms with Gasteiger partial charge < -0.3 is 5.32 Å². The Morgan fingerprint density at radius 2 is 1.65 bits per heavy atom. The Labute approximate surface area is 126 Å². The topological polar surface area (TPSA) is 15.3 Å². The summed E-state index contributed by atoms with van der Waals surface area (Å²) in [6.07, 6.45) is 14.3. The molecule has 0 aliphatic carbocycles. The second kappa shape index (κ2) is 8.38. The second-order valence-corrected chi connectivity index (χ2v) is 7.53. The van der Waals surface area contributed by atoms with Gasteiger partial charge in [0.05, 0.1) is 0 Å². The van der Waals surface area contributed by atoms with Crippen LogP contribution in [-0.2, 0) is 0 Å². The lowest BCUT2D eigenvalue weighted by Gasteiger charge is -2.49. The van der Waals surface area contributed by atoms with Crippen LogP contribution in [0.2, 0.25) is 0 Å². The van der Waals surface area contributed by atoms with Crippen LogP contribution >= 0.6 is 0 Å². The molecule has 2 heteroatoms. The van der Waals surface area contributed by atoms with Crippen LogP contribution in [-0.4, -0.2) is 36.6 Å². The Morgan fingerprint density at radius 1 is 1.00 bits per heavy atom. The number of hydrogen-bond donors (Lipinski definition) is 1. The molecule has 2 atom stereocenters. The molecule has 0 aromatic heterocycles. The Bertz CT molecular complexity index is 250. The SMILES string of the molecule is CNC1CC2CCCC(C1)N2CCCCCCC(C)C. The fourth-order valence-corrected chi connectivity index (χ4v) is 4.28. The normalized spacial score (nSPS) is 30.9. The summed E-state index contributed by atoms with van der Waals surface area (Å²) in [5.41, 5.74) is 0. The second-order valence-electron chi connectivity index (χ2n) is 7.53. The Morgan fingerprint density at radius 3 is 2.25 bits per heavy atom. The van der Waals surface area contributed by atoms with Crippen molar-refractivity contribution in [3.63, 3.8) is 0 Å². The van der Waals surface area contributed by atoms with Crippen molar-refractivity contribution in [2.24, 2.45) is 5.92 Å². The summed E-state index contributed by atoms with van der Waals surface area (Å²) in [7, 11) is 2.14. The molecule has 1 N–H and O–H groups in total. The number of rotatable bonds is 8. The van der Waals surface area contributed by atoms with E-state index in [1.54, 1.807) is 0 Å². The highest BCUT2D eigenvalue weighted by Crippen LogP contribution is 2.34. The molecule has 118 valence electrons. The minimum atomic E-state index is 0.785. The van der Waals surface area contributed by atoms with Gasteiger partial charge in [0.15, 0.2) is 0 Å². The van der Waals surface area contributed by atoms with Crippen LogP contribution in [0.4, 0.5) is 0 Å². The molecule has 2 aliphatic heterocycles. The average molecular weight is 280 g/mol. The minimum Gasteiger partial charge on any atom is -0.317 e. The van der Waals surface area contributed by atoms with Crippen molar-refractivity contribution in [2.75, 3.05) is 13.6 Å². The molecule has 0 saturated carbocycles. The lowest BCUT2D eigenvalue weighted by atomic mass is 9.81. The largest absolute Gasteiger partial charge is 0.317 e. The smallest absolute Gasteiger partial charge is 0.0113 e. The summed E-state index contributed by atoms with van der Waals surface area (Å²) in [5, 5.41) is 3.52. The first-order valence-corrected chi connectivity index (χ1v) is 9.13. The standard InChI is InChI=1S/C18H36N2/c1-15(2)9-6-4-5-7-12-20-17-10-8-11-18(20)14-16(13-17)19-3/h15-19H,4-14H2,1-3H3. The molecule has 0 spiro atoms. The van der Waals surface area contributed by atoms with Crippen LogP contribution in [0, 0.1) is 5.92 Å². The third kappa shape index (κ3) is 4.73. The van der Waals surface area contributed by atoms with E-state index >= 15 is 0 Å². The van der Waals surface area contributed by atoms with Gasteiger partial charge in [-0.3, -0.25) is 4.90 Å². The zero-order valence-corrected chi connectivity index (χ0v) is 14.0. The van der Waals surface area contributed by atoms with Gasteiger partial charge in [0.25, 0.3) is 0 Å². The first kappa shape index (κ1) is 16.3. The molecule has 2 bridgehead atoms. The van der Waals surface area contributed by atoms with E-state index in [1.165, 1.54) is 70.8 Å². The van der Waals surface area contributed by atoms with Crippen LogP contribution in [0.5, 0.6) is 0 Å². The molecule has 20 heavy (non-hydrogen) atoms. The molecule has 2 heterocycles. The molecule has 2 rings (SSSR count). The van der Waals surface area contributed by atoms with E-state index in [2.05, 4.69) is 31.1 Å². The zero-order chi connectivity index (χ0) is 14.4. The van der Waals surface area contributed by atoms with E-state index in [4.69, 9.17) is 0 Å². The van der Waals surface area contributed by atoms with Gasteiger partial charge in [-0.1, -0.05) is 46.0 Å². The first-order chi connectivity index (χ1) is 9.70. The summed E-state index contributed by atoms with van der Waals surface area (Å²) in [4.78, 5) is 2.87. The average Bonchev–Trinajstić information content (AvgIpc) is 2.41. The molecular weight excluding hydrogens is 244 g/mol.